The second kappa shape index (κ2) is 9.90. The van der Waals surface area contributed by atoms with E-state index in [-0.39, 0.29) is 17.3 Å². The highest BCUT2D eigenvalue weighted by atomic mass is 19.4. The van der Waals surface area contributed by atoms with E-state index >= 15 is 0 Å². The molecule has 4 rings (SSSR count). The molecule has 1 N–H and O–H groups in total. The summed E-state index contributed by atoms with van der Waals surface area (Å²) in [5, 5.41) is 7.12. The van der Waals surface area contributed by atoms with Gasteiger partial charge in [0.25, 0.3) is 5.91 Å². The van der Waals surface area contributed by atoms with Gasteiger partial charge in [0.05, 0.1) is 19.7 Å². The Morgan fingerprint density at radius 2 is 1.81 bits per heavy atom. The van der Waals surface area contributed by atoms with Crippen molar-refractivity contribution in [1.82, 2.24) is 19.9 Å². The Labute approximate surface area is 181 Å². The predicted molar refractivity (Wildman–Crippen MR) is 103 cm³/mol. The molecule has 4 heterocycles. The van der Waals surface area contributed by atoms with Crippen LogP contribution in [-0.2, 0) is 9.53 Å². The summed E-state index contributed by atoms with van der Waals surface area (Å²) in [6, 6.07) is 7.32. The molecule has 2 aromatic heterocycles. The number of hydrogen-bond donors (Lipinski definition) is 1. The lowest BCUT2D eigenvalue weighted by Crippen LogP contribution is -2.66. The number of aliphatic carboxylic acids is 1. The topological polar surface area (TPSA) is 115 Å². The van der Waals surface area contributed by atoms with Crippen molar-refractivity contribution in [2.24, 2.45) is 5.92 Å². The first-order valence-corrected chi connectivity index (χ1v) is 9.75. The molecule has 0 aliphatic carbocycles. The van der Waals surface area contributed by atoms with Gasteiger partial charge in [0.15, 0.2) is 0 Å². The minimum atomic E-state index is -5.08. The maximum absolute atomic E-state index is 12.4. The molecule has 0 saturated carbocycles. The number of nitrogens with zero attached hydrogens (tertiary/aromatic N) is 4. The van der Waals surface area contributed by atoms with Gasteiger partial charge >= 0.3 is 12.1 Å². The number of rotatable bonds is 5. The van der Waals surface area contributed by atoms with Crippen LogP contribution in [0, 0.1) is 5.92 Å². The number of carboxylic acid groups (broad SMARTS) is 1. The van der Waals surface area contributed by atoms with E-state index in [9.17, 15) is 18.0 Å². The van der Waals surface area contributed by atoms with E-state index < -0.39 is 12.1 Å². The number of hydrogen-bond acceptors (Lipinski definition) is 7. The third-order valence-corrected chi connectivity index (χ3v) is 5.16. The zero-order valence-electron chi connectivity index (χ0n) is 16.9. The molecular formula is C20H21F3N4O5. The average Bonchev–Trinajstić information content (AvgIpc) is 3.17. The van der Waals surface area contributed by atoms with E-state index in [0.717, 1.165) is 19.4 Å². The van der Waals surface area contributed by atoms with Gasteiger partial charge in [0.2, 0.25) is 11.7 Å². The van der Waals surface area contributed by atoms with Crippen LogP contribution in [0.1, 0.15) is 23.5 Å². The first-order valence-electron chi connectivity index (χ1n) is 9.75. The largest absolute Gasteiger partial charge is 0.490 e. The Balaban J connectivity index is 0.000000360. The quantitative estimate of drug-likeness (QED) is 0.731. The first kappa shape index (κ1) is 23.4. The fourth-order valence-corrected chi connectivity index (χ4v) is 3.57. The number of carbonyl (C=O) groups excluding carboxylic acids is 1. The van der Waals surface area contributed by atoms with Crippen LogP contribution in [0.25, 0.3) is 0 Å². The number of amides is 1. The van der Waals surface area contributed by atoms with Crippen LogP contribution in [-0.4, -0.2) is 74.9 Å². The lowest BCUT2D eigenvalue weighted by atomic mass is 9.79. The maximum Gasteiger partial charge on any atom is 0.490 e. The van der Waals surface area contributed by atoms with Gasteiger partial charge < -0.3 is 19.5 Å². The molecule has 1 amide bonds. The maximum atomic E-state index is 12.4. The van der Waals surface area contributed by atoms with E-state index in [0.29, 0.717) is 31.5 Å². The molecule has 0 radical (unpaired) electrons. The molecular weight excluding hydrogens is 433 g/mol. The number of alkyl halides is 3. The molecule has 32 heavy (non-hydrogen) atoms. The molecule has 0 aromatic carbocycles. The molecule has 2 aliphatic rings. The van der Waals surface area contributed by atoms with Crippen molar-refractivity contribution < 1.29 is 37.3 Å². The molecule has 12 heteroatoms. The number of pyridine rings is 1. The number of halogens is 3. The fourth-order valence-electron chi connectivity index (χ4n) is 3.57. The number of carboxylic acids is 1. The Morgan fingerprint density at radius 1 is 1.16 bits per heavy atom. The van der Waals surface area contributed by atoms with E-state index in [1.54, 1.807) is 29.6 Å². The Morgan fingerprint density at radius 3 is 2.41 bits per heavy atom. The van der Waals surface area contributed by atoms with E-state index in [4.69, 9.17) is 19.4 Å². The minimum absolute atomic E-state index is 0.134. The van der Waals surface area contributed by atoms with Crippen molar-refractivity contribution in [2.45, 2.75) is 24.6 Å². The van der Waals surface area contributed by atoms with E-state index in [1.807, 2.05) is 18.2 Å². The highest BCUT2D eigenvalue weighted by molar-refractivity contribution is 5.91. The third-order valence-electron chi connectivity index (χ3n) is 5.16. The van der Waals surface area contributed by atoms with Gasteiger partial charge in [-0.1, -0.05) is 6.07 Å². The van der Waals surface area contributed by atoms with Crippen LogP contribution in [0.3, 0.4) is 0 Å². The normalized spacial score (nSPS) is 19.0. The van der Waals surface area contributed by atoms with Crippen molar-refractivity contribution in [3.63, 3.8) is 0 Å². The Bertz CT molecular complexity index is 908. The summed E-state index contributed by atoms with van der Waals surface area (Å²) in [6.45, 7) is 2.53. The van der Waals surface area contributed by atoms with Crippen LogP contribution in [0.15, 0.2) is 42.9 Å². The molecule has 1 atom stereocenters. The van der Waals surface area contributed by atoms with Gasteiger partial charge in [-0.2, -0.15) is 13.2 Å². The summed E-state index contributed by atoms with van der Waals surface area (Å²) in [5.41, 5.74) is -0.238. The smallest absolute Gasteiger partial charge is 0.478 e. The third kappa shape index (κ3) is 5.69. The van der Waals surface area contributed by atoms with Gasteiger partial charge in [-0.25, -0.2) is 19.7 Å². The fraction of sp³-hybridized carbons (Fsp3) is 0.450. The highest BCUT2D eigenvalue weighted by Crippen LogP contribution is 2.42. The molecule has 9 nitrogen and oxygen atoms in total. The number of carbonyl (C=O) groups is 2. The first-order chi connectivity index (χ1) is 15.2. The number of likely N-dealkylation sites (tertiary alicyclic amines) is 1. The van der Waals surface area contributed by atoms with Crippen LogP contribution in [0.4, 0.5) is 13.2 Å². The van der Waals surface area contributed by atoms with Crippen molar-refractivity contribution in [3.05, 3.63) is 48.7 Å². The van der Waals surface area contributed by atoms with Crippen molar-refractivity contribution in [1.29, 1.82) is 0 Å². The summed E-state index contributed by atoms with van der Waals surface area (Å²) in [5.74, 6) is -1.62. The van der Waals surface area contributed by atoms with Gasteiger partial charge in [0, 0.05) is 31.3 Å². The number of ether oxygens (including phenoxy) is 2. The zero-order chi connectivity index (χ0) is 23.2. The highest BCUT2D eigenvalue weighted by Gasteiger charge is 2.54. The van der Waals surface area contributed by atoms with Crippen LogP contribution in [0.2, 0.25) is 0 Å². The molecule has 2 saturated heterocycles. The monoisotopic (exact) mass is 454 g/mol. The summed E-state index contributed by atoms with van der Waals surface area (Å²) in [7, 11) is 0. The number of aromatic nitrogens is 3. The van der Waals surface area contributed by atoms with Crippen LogP contribution < -0.4 is 4.74 Å². The average molecular weight is 454 g/mol. The standard InChI is InChI=1S/C18H20N4O3.C2HF3O2/c23-17(16-20-8-3-9-21-16)22-12-18(13-22)14(6-11-25-18)5-10-24-15-4-1-2-7-19-15;3-2(4,5)1(6)7/h1-4,7-9,14H,5-6,10-13H2;(H,6,7). The molecule has 2 fully saturated rings. The van der Waals surface area contributed by atoms with Crippen LogP contribution >= 0.6 is 0 Å². The molecule has 2 aliphatic heterocycles. The minimum Gasteiger partial charge on any atom is -0.478 e. The molecule has 0 bridgehead atoms. The van der Waals surface area contributed by atoms with Crippen molar-refractivity contribution in [3.8, 4) is 5.88 Å². The summed E-state index contributed by atoms with van der Waals surface area (Å²) >= 11 is 0. The summed E-state index contributed by atoms with van der Waals surface area (Å²) in [4.78, 5) is 35.3. The van der Waals surface area contributed by atoms with Gasteiger partial charge in [-0.15, -0.1) is 0 Å². The van der Waals surface area contributed by atoms with Crippen molar-refractivity contribution >= 4 is 11.9 Å². The second-order valence-electron chi connectivity index (χ2n) is 7.24. The lowest BCUT2D eigenvalue weighted by molar-refractivity contribution is -0.192. The SMILES string of the molecule is O=C(O)C(F)(F)F.O=C(c1ncccn1)N1CC2(C1)OCCC2CCOc1ccccn1. The Hall–Kier alpha value is -3.28. The van der Waals surface area contributed by atoms with Gasteiger partial charge in [0.1, 0.15) is 5.60 Å². The summed E-state index contributed by atoms with van der Waals surface area (Å²) < 4.78 is 43.4. The summed E-state index contributed by atoms with van der Waals surface area (Å²) in [6.07, 6.45) is 1.69. The Kier molecular flexibility index (Phi) is 7.23. The molecule has 172 valence electrons. The molecule has 1 spiro atoms. The second-order valence-corrected chi connectivity index (χ2v) is 7.24. The predicted octanol–water partition coefficient (Wildman–Crippen LogP) is 2.21. The van der Waals surface area contributed by atoms with Crippen LogP contribution in [0.5, 0.6) is 5.88 Å². The molecule has 2 aromatic rings. The van der Waals surface area contributed by atoms with E-state index in [2.05, 4.69) is 15.0 Å². The van der Waals surface area contributed by atoms with Gasteiger partial charge in [-0.3, -0.25) is 4.79 Å². The van der Waals surface area contributed by atoms with Crippen molar-refractivity contribution in [2.75, 3.05) is 26.3 Å². The van der Waals surface area contributed by atoms with E-state index in [1.165, 1.54) is 0 Å². The zero-order valence-corrected chi connectivity index (χ0v) is 16.9. The molecule has 1 unspecified atom stereocenters. The lowest BCUT2D eigenvalue weighted by Gasteiger charge is -2.49. The van der Waals surface area contributed by atoms with Gasteiger partial charge in [-0.05, 0) is 30.9 Å².